The van der Waals surface area contributed by atoms with Crippen LogP contribution in [0.2, 0.25) is 0 Å². The molecule has 0 aromatic rings. The van der Waals surface area contributed by atoms with Gasteiger partial charge in [-0.2, -0.15) is 6.42 Å². The second-order valence-corrected chi connectivity index (χ2v) is 2.90. The van der Waals surface area contributed by atoms with E-state index in [0.29, 0.717) is 0 Å². The molecule has 1 aliphatic rings. The van der Waals surface area contributed by atoms with E-state index in [-0.39, 0.29) is 57.0 Å². The SMILES string of the molecule is CC1(C)CC[CH-]CO1.[K+]. The Morgan fingerprint density at radius 2 is 2.11 bits per heavy atom. The van der Waals surface area contributed by atoms with Crippen molar-refractivity contribution >= 4 is 0 Å². The Balaban J connectivity index is 0.000000640. The zero-order valence-electron chi connectivity index (χ0n) is 6.61. The van der Waals surface area contributed by atoms with Crippen molar-refractivity contribution in [2.45, 2.75) is 32.3 Å². The average Bonchev–Trinajstić information content (AvgIpc) is 1.65. The van der Waals surface area contributed by atoms with Gasteiger partial charge >= 0.3 is 51.4 Å². The Hall–Kier alpha value is 1.60. The predicted octanol–water partition coefficient (Wildman–Crippen LogP) is -1.22. The third-order valence-corrected chi connectivity index (χ3v) is 1.54. The van der Waals surface area contributed by atoms with Gasteiger partial charge in [0.25, 0.3) is 0 Å². The molecule has 0 spiro atoms. The van der Waals surface area contributed by atoms with Crippen molar-refractivity contribution in [2.24, 2.45) is 0 Å². The van der Waals surface area contributed by atoms with E-state index in [1.54, 1.807) is 0 Å². The van der Waals surface area contributed by atoms with Gasteiger partial charge in [0.15, 0.2) is 0 Å². The Morgan fingerprint density at radius 1 is 1.44 bits per heavy atom. The number of hydrogen-bond acceptors (Lipinski definition) is 1. The van der Waals surface area contributed by atoms with Crippen molar-refractivity contribution in [3.8, 4) is 0 Å². The smallest absolute Gasteiger partial charge is 0.407 e. The minimum atomic E-state index is 0. The quantitative estimate of drug-likeness (QED) is 0.312. The van der Waals surface area contributed by atoms with Crippen molar-refractivity contribution in [1.82, 2.24) is 0 Å². The van der Waals surface area contributed by atoms with Crippen LogP contribution in [-0.2, 0) is 4.74 Å². The Bertz CT molecular complexity index is 73.0. The fourth-order valence-corrected chi connectivity index (χ4v) is 0.890. The maximum atomic E-state index is 5.41. The number of ether oxygens (including phenoxy) is 1. The van der Waals surface area contributed by atoms with Crippen LogP contribution in [0.25, 0.3) is 0 Å². The van der Waals surface area contributed by atoms with Gasteiger partial charge in [-0.1, -0.05) is 13.0 Å². The van der Waals surface area contributed by atoms with Crippen molar-refractivity contribution in [3.63, 3.8) is 0 Å². The normalized spacial score (nSPS) is 24.7. The maximum absolute atomic E-state index is 5.41. The van der Waals surface area contributed by atoms with E-state index in [1.165, 1.54) is 12.8 Å². The summed E-state index contributed by atoms with van der Waals surface area (Å²) in [5.74, 6) is 0. The Kier molecular flexibility index (Phi) is 5.26. The summed E-state index contributed by atoms with van der Waals surface area (Å²) in [7, 11) is 0. The molecule has 48 valence electrons. The van der Waals surface area contributed by atoms with Gasteiger partial charge in [0, 0.05) is 0 Å². The van der Waals surface area contributed by atoms with Crippen molar-refractivity contribution in [3.05, 3.63) is 6.42 Å². The molecule has 1 aliphatic heterocycles. The molecule has 1 rings (SSSR count). The van der Waals surface area contributed by atoms with E-state index >= 15 is 0 Å². The zero-order valence-corrected chi connectivity index (χ0v) is 9.73. The van der Waals surface area contributed by atoms with Crippen LogP contribution in [0.3, 0.4) is 0 Å². The van der Waals surface area contributed by atoms with Crippen molar-refractivity contribution in [2.75, 3.05) is 6.61 Å². The standard InChI is InChI=1S/C7H13O.K/c1-7(2)5-3-4-6-8-7;/h4H,3,5-6H2,1-2H3;/q-1;+1. The summed E-state index contributed by atoms with van der Waals surface area (Å²) in [5, 5.41) is 0. The van der Waals surface area contributed by atoms with E-state index in [1.807, 2.05) is 0 Å². The molecule has 1 nitrogen and oxygen atoms in total. The van der Waals surface area contributed by atoms with Gasteiger partial charge in [0.05, 0.1) is 5.60 Å². The Labute approximate surface area is 100.0 Å². The van der Waals surface area contributed by atoms with Crippen molar-refractivity contribution in [1.29, 1.82) is 0 Å². The van der Waals surface area contributed by atoms with Gasteiger partial charge in [-0.3, -0.25) is 0 Å². The third kappa shape index (κ3) is 4.12. The summed E-state index contributed by atoms with van der Waals surface area (Å²) in [6.45, 7) is 5.12. The first-order valence-electron chi connectivity index (χ1n) is 3.16. The van der Waals surface area contributed by atoms with E-state index in [0.717, 1.165) is 6.61 Å². The van der Waals surface area contributed by atoms with Gasteiger partial charge in [0.1, 0.15) is 0 Å². The molecule has 1 heterocycles. The van der Waals surface area contributed by atoms with Gasteiger partial charge in [-0.05, 0) is 13.8 Å². The predicted molar refractivity (Wildman–Crippen MR) is 33.6 cm³/mol. The molecule has 0 aromatic carbocycles. The van der Waals surface area contributed by atoms with Gasteiger partial charge < -0.3 is 11.2 Å². The molecule has 1 saturated heterocycles. The molecule has 0 aromatic heterocycles. The maximum Gasteiger partial charge on any atom is 1.00 e. The molecule has 0 radical (unpaired) electrons. The first-order valence-corrected chi connectivity index (χ1v) is 3.16. The summed E-state index contributed by atoms with van der Waals surface area (Å²) >= 11 is 0. The van der Waals surface area contributed by atoms with E-state index in [4.69, 9.17) is 4.74 Å². The summed E-state index contributed by atoms with van der Waals surface area (Å²) in [5.41, 5.74) is 0.148. The summed E-state index contributed by atoms with van der Waals surface area (Å²) in [4.78, 5) is 0. The van der Waals surface area contributed by atoms with Crippen LogP contribution in [0.1, 0.15) is 26.7 Å². The average molecular weight is 152 g/mol. The van der Waals surface area contributed by atoms with Crippen LogP contribution < -0.4 is 51.4 Å². The molecule has 9 heavy (non-hydrogen) atoms. The molecular formula is C7H13KO. The summed E-state index contributed by atoms with van der Waals surface area (Å²) in [6.07, 6.45) is 4.57. The zero-order chi connectivity index (χ0) is 6.04. The van der Waals surface area contributed by atoms with Crippen LogP contribution >= 0.6 is 0 Å². The fourth-order valence-electron chi connectivity index (χ4n) is 0.890. The monoisotopic (exact) mass is 152 g/mol. The van der Waals surface area contributed by atoms with E-state index in [9.17, 15) is 0 Å². The van der Waals surface area contributed by atoms with Gasteiger partial charge in [-0.25, -0.2) is 0 Å². The molecule has 0 N–H and O–H groups in total. The molecule has 1 fully saturated rings. The molecule has 2 heteroatoms. The van der Waals surface area contributed by atoms with Crippen LogP contribution in [0.4, 0.5) is 0 Å². The molecule has 0 amide bonds. The largest absolute Gasteiger partial charge is 1.00 e. The Morgan fingerprint density at radius 3 is 2.33 bits per heavy atom. The summed E-state index contributed by atoms with van der Waals surface area (Å²) < 4.78 is 5.41. The van der Waals surface area contributed by atoms with Crippen LogP contribution in [-0.4, -0.2) is 12.2 Å². The van der Waals surface area contributed by atoms with E-state index < -0.39 is 0 Å². The number of hydrogen-bond donors (Lipinski definition) is 0. The van der Waals surface area contributed by atoms with Gasteiger partial charge in [0.2, 0.25) is 0 Å². The fraction of sp³-hybridized carbons (Fsp3) is 0.857. The van der Waals surface area contributed by atoms with Gasteiger partial charge in [-0.15, -0.1) is 0 Å². The third-order valence-electron chi connectivity index (χ3n) is 1.54. The first kappa shape index (κ1) is 10.6. The molecule has 0 bridgehead atoms. The van der Waals surface area contributed by atoms with Crippen molar-refractivity contribution < 1.29 is 56.1 Å². The van der Waals surface area contributed by atoms with Crippen LogP contribution in [0, 0.1) is 6.42 Å². The molecule has 0 aliphatic carbocycles. The molecule has 0 saturated carbocycles. The second kappa shape index (κ2) is 4.47. The first-order chi connectivity index (χ1) is 3.71. The van der Waals surface area contributed by atoms with Crippen LogP contribution in [0.15, 0.2) is 0 Å². The summed E-state index contributed by atoms with van der Waals surface area (Å²) in [6, 6.07) is 0. The molecule has 0 unspecified atom stereocenters. The second-order valence-electron chi connectivity index (χ2n) is 2.90. The number of rotatable bonds is 0. The van der Waals surface area contributed by atoms with E-state index in [2.05, 4.69) is 20.3 Å². The minimum absolute atomic E-state index is 0. The molecular weight excluding hydrogens is 139 g/mol. The minimum Gasteiger partial charge on any atom is -0.407 e. The topological polar surface area (TPSA) is 9.23 Å². The van der Waals surface area contributed by atoms with Crippen LogP contribution in [0.5, 0.6) is 0 Å². The molecule has 0 atom stereocenters.